The average molecular weight is 431 g/mol. The number of Topliss-reactive ketones (excluding diaryl/α,β-unsaturated/α-hetero) is 1. The number of esters is 1. The van der Waals surface area contributed by atoms with E-state index in [1.165, 1.54) is 0 Å². The fourth-order valence-electron chi connectivity index (χ4n) is 3.45. The highest BCUT2D eigenvalue weighted by atomic mass is 16.5. The van der Waals surface area contributed by atoms with Gasteiger partial charge in [0.1, 0.15) is 0 Å². The lowest BCUT2D eigenvalue weighted by Crippen LogP contribution is -2.45. The lowest BCUT2D eigenvalue weighted by molar-refractivity contribution is -0.152. The molecule has 1 saturated heterocycles. The molecule has 0 aromatic heterocycles. The summed E-state index contributed by atoms with van der Waals surface area (Å²) in [6.07, 6.45) is 1.51. The van der Waals surface area contributed by atoms with Crippen LogP contribution < -0.4 is 5.32 Å². The first-order chi connectivity index (χ1) is 14.5. The number of hydrogen-bond donors (Lipinski definition) is 1. The van der Waals surface area contributed by atoms with Gasteiger partial charge >= 0.3 is 5.97 Å². The van der Waals surface area contributed by atoms with E-state index in [-0.39, 0.29) is 36.0 Å². The van der Waals surface area contributed by atoms with Gasteiger partial charge in [-0.05, 0) is 43.0 Å². The van der Waals surface area contributed by atoms with Crippen LogP contribution in [-0.2, 0) is 19.1 Å². The molecule has 1 heterocycles. The molecule has 2 rings (SSSR count). The standard InChI is InChI=1S/C24H34N2O5/c1-16(2)14-21(28)25-19-8-6-17(7-9-19)20(27)15-31-22(29)18-10-12-26(13-11-18)23(30)24(3,4)5/h6-9,16,18H,10-15H2,1-5H3,(H,25,28). The maximum Gasteiger partial charge on any atom is 0.309 e. The van der Waals surface area contributed by atoms with Gasteiger partial charge in [-0.1, -0.05) is 34.6 Å². The van der Waals surface area contributed by atoms with E-state index in [4.69, 9.17) is 4.74 Å². The van der Waals surface area contributed by atoms with Crippen molar-refractivity contribution in [2.75, 3.05) is 25.0 Å². The molecule has 0 spiro atoms. The molecule has 1 aromatic carbocycles. The Bertz CT molecular complexity index is 800. The molecule has 170 valence electrons. The number of amides is 2. The van der Waals surface area contributed by atoms with Crippen molar-refractivity contribution in [1.82, 2.24) is 4.90 Å². The van der Waals surface area contributed by atoms with Crippen molar-refractivity contribution in [3.05, 3.63) is 29.8 Å². The molecule has 2 amide bonds. The summed E-state index contributed by atoms with van der Waals surface area (Å²) in [6.45, 7) is 10.3. The van der Waals surface area contributed by atoms with Gasteiger partial charge in [-0.25, -0.2) is 0 Å². The maximum atomic E-state index is 12.3. The zero-order valence-electron chi connectivity index (χ0n) is 19.2. The SMILES string of the molecule is CC(C)CC(=O)Nc1ccc(C(=O)COC(=O)C2CCN(C(=O)C(C)(C)C)CC2)cc1. The Morgan fingerprint density at radius 1 is 1.06 bits per heavy atom. The molecular weight excluding hydrogens is 396 g/mol. The molecule has 1 fully saturated rings. The summed E-state index contributed by atoms with van der Waals surface area (Å²) in [4.78, 5) is 50.6. The lowest BCUT2D eigenvalue weighted by atomic mass is 9.91. The largest absolute Gasteiger partial charge is 0.457 e. The van der Waals surface area contributed by atoms with Gasteiger partial charge in [0, 0.05) is 36.2 Å². The quantitative estimate of drug-likeness (QED) is 0.526. The molecular formula is C24H34N2O5. The number of piperidine rings is 1. The van der Waals surface area contributed by atoms with Gasteiger partial charge in [-0.15, -0.1) is 0 Å². The van der Waals surface area contributed by atoms with Crippen LogP contribution >= 0.6 is 0 Å². The molecule has 0 unspecified atom stereocenters. The third-order valence-corrected chi connectivity index (χ3v) is 5.19. The Balaban J connectivity index is 1.79. The van der Waals surface area contributed by atoms with Crippen molar-refractivity contribution in [3.63, 3.8) is 0 Å². The first-order valence-electron chi connectivity index (χ1n) is 10.9. The van der Waals surface area contributed by atoms with Gasteiger partial charge < -0.3 is 15.0 Å². The summed E-state index contributed by atoms with van der Waals surface area (Å²) in [7, 11) is 0. The molecule has 0 bridgehead atoms. The van der Waals surface area contributed by atoms with Crippen LogP contribution in [-0.4, -0.2) is 48.2 Å². The number of ether oxygens (including phenoxy) is 1. The monoisotopic (exact) mass is 430 g/mol. The number of carbonyl (C=O) groups excluding carboxylic acids is 4. The zero-order chi connectivity index (χ0) is 23.2. The third-order valence-electron chi connectivity index (χ3n) is 5.19. The van der Waals surface area contributed by atoms with Crippen LogP contribution in [0, 0.1) is 17.3 Å². The highest BCUT2D eigenvalue weighted by molar-refractivity contribution is 5.99. The van der Waals surface area contributed by atoms with Gasteiger partial charge in [0.25, 0.3) is 0 Å². The third kappa shape index (κ3) is 7.49. The van der Waals surface area contributed by atoms with E-state index >= 15 is 0 Å². The fraction of sp³-hybridized carbons (Fsp3) is 0.583. The Hall–Kier alpha value is -2.70. The molecule has 1 aliphatic rings. The molecule has 31 heavy (non-hydrogen) atoms. The van der Waals surface area contributed by atoms with Gasteiger partial charge in [0.2, 0.25) is 11.8 Å². The van der Waals surface area contributed by atoms with E-state index in [2.05, 4.69) is 5.32 Å². The van der Waals surface area contributed by atoms with E-state index in [1.54, 1.807) is 29.2 Å². The second kappa shape index (κ2) is 10.6. The second-order valence-electron chi connectivity index (χ2n) is 9.57. The summed E-state index contributed by atoms with van der Waals surface area (Å²) in [6, 6.07) is 6.54. The van der Waals surface area contributed by atoms with Crippen LogP contribution in [0.25, 0.3) is 0 Å². The Kier molecular flexibility index (Phi) is 8.36. The number of benzene rings is 1. The smallest absolute Gasteiger partial charge is 0.309 e. The van der Waals surface area contributed by atoms with Crippen LogP contribution in [0.15, 0.2) is 24.3 Å². The van der Waals surface area contributed by atoms with E-state index in [0.717, 1.165) is 0 Å². The predicted octanol–water partition coefficient (Wildman–Crippen LogP) is 3.68. The van der Waals surface area contributed by atoms with Crippen molar-refractivity contribution in [1.29, 1.82) is 0 Å². The van der Waals surface area contributed by atoms with E-state index in [0.29, 0.717) is 43.6 Å². The minimum atomic E-state index is -0.438. The van der Waals surface area contributed by atoms with Crippen molar-refractivity contribution >= 4 is 29.3 Å². The van der Waals surface area contributed by atoms with Crippen LogP contribution in [0.1, 0.15) is 64.2 Å². The molecule has 7 nitrogen and oxygen atoms in total. The maximum absolute atomic E-state index is 12.3. The van der Waals surface area contributed by atoms with Gasteiger partial charge in [0.05, 0.1) is 5.92 Å². The van der Waals surface area contributed by atoms with E-state index in [1.807, 2.05) is 34.6 Å². The fourth-order valence-corrected chi connectivity index (χ4v) is 3.45. The molecule has 1 aromatic rings. The summed E-state index contributed by atoms with van der Waals surface area (Å²) in [5.41, 5.74) is 0.600. The molecule has 0 radical (unpaired) electrons. The molecule has 1 N–H and O–H groups in total. The first-order valence-corrected chi connectivity index (χ1v) is 10.9. The Morgan fingerprint density at radius 3 is 2.16 bits per heavy atom. The zero-order valence-corrected chi connectivity index (χ0v) is 19.2. The number of nitrogens with zero attached hydrogens (tertiary/aromatic N) is 1. The first kappa shape index (κ1) is 24.6. The summed E-state index contributed by atoms with van der Waals surface area (Å²) < 4.78 is 5.24. The summed E-state index contributed by atoms with van der Waals surface area (Å²) in [5.74, 6) is -0.712. The van der Waals surface area contributed by atoms with Crippen molar-refractivity contribution in [3.8, 4) is 0 Å². The van der Waals surface area contributed by atoms with Crippen molar-refractivity contribution in [2.45, 2.75) is 53.9 Å². The number of carbonyl (C=O) groups is 4. The van der Waals surface area contributed by atoms with Crippen LogP contribution in [0.3, 0.4) is 0 Å². The number of nitrogens with one attached hydrogen (secondary N) is 1. The highest BCUT2D eigenvalue weighted by Crippen LogP contribution is 2.24. The number of ketones is 1. The van der Waals surface area contributed by atoms with Crippen molar-refractivity contribution in [2.24, 2.45) is 17.3 Å². The Labute approximate surface area is 184 Å². The molecule has 7 heteroatoms. The molecule has 0 saturated carbocycles. The minimum absolute atomic E-state index is 0.0711. The normalized spacial score (nSPS) is 15.0. The molecule has 0 atom stereocenters. The number of anilines is 1. The lowest BCUT2D eigenvalue weighted by Gasteiger charge is -2.34. The van der Waals surface area contributed by atoms with E-state index in [9.17, 15) is 19.2 Å². The van der Waals surface area contributed by atoms with Gasteiger partial charge in [-0.2, -0.15) is 0 Å². The molecule has 0 aliphatic carbocycles. The summed E-state index contributed by atoms with van der Waals surface area (Å²) >= 11 is 0. The van der Waals surface area contributed by atoms with Crippen LogP contribution in [0.5, 0.6) is 0 Å². The second-order valence-corrected chi connectivity index (χ2v) is 9.57. The molecule has 1 aliphatic heterocycles. The van der Waals surface area contributed by atoms with Gasteiger partial charge in [0.15, 0.2) is 12.4 Å². The minimum Gasteiger partial charge on any atom is -0.457 e. The van der Waals surface area contributed by atoms with Gasteiger partial charge in [-0.3, -0.25) is 19.2 Å². The topological polar surface area (TPSA) is 92.8 Å². The van der Waals surface area contributed by atoms with Crippen LogP contribution in [0.2, 0.25) is 0 Å². The van der Waals surface area contributed by atoms with Crippen LogP contribution in [0.4, 0.5) is 5.69 Å². The number of likely N-dealkylation sites (tertiary alicyclic amines) is 1. The van der Waals surface area contributed by atoms with Crippen molar-refractivity contribution < 1.29 is 23.9 Å². The highest BCUT2D eigenvalue weighted by Gasteiger charge is 2.33. The number of rotatable bonds is 7. The average Bonchev–Trinajstić information content (AvgIpc) is 2.70. The summed E-state index contributed by atoms with van der Waals surface area (Å²) in [5, 5.41) is 2.79. The van der Waals surface area contributed by atoms with E-state index < -0.39 is 11.4 Å². The Morgan fingerprint density at radius 2 is 1.65 bits per heavy atom. The number of hydrogen-bond acceptors (Lipinski definition) is 5. The predicted molar refractivity (Wildman–Crippen MR) is 119 cm³/mol.